The summed E-state index contributed by atoms with van der Waals surface area (Å²) in [7, 11) is 1.59. The summed E-state index contributed by atoms with van der Waals surface area (Å²) >= 11 is 0. The number of benzene rings is 1. The fourth-order valence-electron chi connectivity index (χ4n) is 3.24. The van der Waals surface area contributed by atoms with E-state index in [1.807, 2.05) is 12.1 Å². The number of methoxy groups -OCH3 is 1. The van der Waals surface area contributed by atoms with Crippen molar-refractivity contribution in [3.8, 4) is 17.6 Å². The number of rotatable bonds is 7. The maximum Gasteiger partial charge on any atom is 0.262 e. The molecule has 1 saturated carbocycles. The van der Waals surface area contributed by atoms with Gasteiger partial charge in [-0.15, -0.1) is 0 Å². The van der Waals surface area contributed by atoms with Crippen LogP contribution in [0.25, 0.3) is 6.08 Å². The van der Waals surface area contributed by atoms with Gasteiger partial charge in [-0.3, -0.25) is 4.79 Å². The monoisotopic (exact) mass is 370 g/mol. The third kappa shape index (κ3) is 6.02. The average Bonchev–Trinajstić information content (AvgIpc) is 2.66. The molecule has 0 radical (unpaired) electrons. The second kappa shape index (κ2) is 10.0. The Balaban J connectivity index is 2.16. The Bertz CT molecular complexity index is 719. The lowest BCUT2D eigenvalue weighted by molar-refractivity contribution is -0.118. The molecule has 1 aliphatic carbocycles. The molecule has 1 amide bonds. The predicted octanol–water partition coefficient (Wildman–Crippen LogP) is 4.33. The summed E-state index contributed by atoms with van der Waals surface area (Å²) in [6, 6.07) is 7.58. The van der Waals surface area contributed by atoms with E-state index in [9.17, 15) is 10.1 Å². The summed E-state index contributed by atoms with van der Waals surface area (Å²) in [6.07, 6.45) is 6.02. The first-order chi connectivity index (χ1) is 12.9. The van der Waals surface area contributed by atoms with Crippen molar-refractivity contribution in [2.24, 2.45) is 11.8 Å². The van der Waals surface area contributed by atoms with Crippen molar-refractivity contribution in [2.45, 2.75) is 52.5 Å². The molecule has 5 heteroatoms. The molecule has 0 spiro atoms. The van der Waals surface area contributed by atoms with Gasteiger partial charge < -0.3 is 14.8 Å². The minimum absolute atomic E-state index is 0.104. The third-order valence-electron chi connectivity index (χ3n) is 4.86. The van der Waals surface area contributed by atoms with Crippen LogP contribution in [0, 0.1) is 23.2 Å². The molecule has 2 atom stereocenters. The highest BCUT2D eigenvalue weighted by molar-refractivity contribution is 6.01. The SMILES string of the molecule is COc1ccc(/C=C(\C#N)C(=O)N[C@H]2CCCC[C@@H]2C)cc1OCC(C)C. The maximum absolute atomic E-state index is 12.6. The normalized spacial score (nSPS) is 20.1. The largest absolute Gasteiger partial charge is 0.493 e. The smallest absolute Gasteiger partial charge is 0.262 e. The van der Waals surface area contributed by atoms with Crippen molar-refractivity contribution in [3.05, 3.63) is 29.3 Å². The molecule has 0 heterocycles. The van der Waals surface area contributed by atoms with Gasteiger partial charge in [0.1, 0.15) is 11.6 Å². The Morgan fingerprint density at radius 3 is 2.70 bits per heavy atom. The van der Waals surface area contributed by atoms with E-state index in [1.165, 1.54) is 6.42 Å². The highest BCUT2D eigenvalue weighted by atomic mass is 16.5. The van der Waals surface area contributed by atoms with E-state index in [-0.39, 0.29) is 17.5 Å². The molecule has 1 fully saturated rings. The molecular formula is C22H30N2O3. The van der Waals surface area contributed by atoms with Gasteiger partial charge in [0.2, 0.25) is 0 Å². The number of carbonyl (C=O) groups is 1. The Morgan fingerprint density at radius 2 is 2.07 bits per heavy atom. The van der Waals surface area contributed by atoms with E-state index in [0.29, 0.717) is 29.9 Å². The molecule has 1 aromatic carbocycles. The molecule has 5 nitrogen and oxygen atoms in total. The van der Waals surface area contributed by atoms with Crippen molar-refractivity contribution < 1.29 is 14.3 Å². The van der Waals surface area contributed by atoms with E-state index < -0.39 is 0 Å². The summed E-state index contributed by atoms with van der Waals surface area (Å²) in [6.45, 7) is 6.86. The van der Waals surface area contributed by atoms with Gasteiger partial charge in [0.05, 0.1) is 13.7 Å². The average molecular weight is 370 g/mol. The summed E-state index contributed by atoms with van der Waals surface area (Å²) < 4.78 is 11.1. The van der Waals surface area contributed by atoms with Crippen LogP contribution in [0.5, 0.6) is 11.5 Å². The van der Waals surface area contributed by atoms with Gasteiger partial charge in [-0.25, -0.2) is 0 Å². The van der Waals surface area contributed by atoms with Crippen LogP contribution in [0.4, 0.5) is 0 Å². The van der Waals surface area contributed by atoms with Crippen molar-refractivity contribution in [2.75, 3.05) is 13.7 Å². The molecule has 0 aliphatic heterocycles. The molecule has 0 aromatic heterocycles. The summed E-state index contributed by atoms with van der Waals surface area (Å²) in [5, 5.41) is 12.5. The Labute approximate surface area is 162 Å². The van der Waals surface area contributed by atoms with E-state index in [0.717, 1.165) is 24.8 Å². The fraction of sp³-hybridized carbons (Fsp3) is 0.545. The Hall–Kier alpha value is -2.48. The summed E-state index contributed by atoms with van der Waals surface area (Å²) in [5.41, 5.74) is 0.839. The van der Waals surface area contributed by atoms with Gasteiger partial charge in [0.15, 0.2) is 11.5 Å². The van der Waals surface area contributed by atoms with E-state index in [2.05, 4.69) is 26.1 Å². The van der Waals surface area contributed by atoms with Gasteiger partial charge in [-0.05, 0) is 48.4 Å². The first-order valence-corrected chi connectivity index (χ1v) is 9.68. The third-order valence-corrected chi connectivity index (χ3v) is 4.86. The lowest BCUT2D eigenvalue weighted by atomic mass is 9.86. The standard InChI is InChI=1S/C22H30N2O3/c1-15(2)14-27-21-12-17(9-10-20(21)26-4)11-18(13-23)22(25)24-19-8-6-5-7-16(19)3/h9-12,15-16,19H,5-8,14H2,1-4H3,(H,24,25)/b18-11+/t16-,19-/m0/s1. The van der Waals surface area contributed by atoms with E-state index >= 15 is 0 Å². The number of hydrogen-bond donors (Lipinski definition) is 1. The van der Waals surface area contributed by atoms with Crippen molar-refractivity contribution in [3.63, 3.8) is 0 Å². The first kappa shape index (κ1) is 20.8. The predicted molar refractivity (Wildman–Crippen MR) is 106 cm³/mol. The maximum atomic E-state index is 12.6. The summed E-state index contributed by atoms with van der Waals surface area (Å²) in [4.78, 5) is 12.6. The zero-order valence-electron chi connectivity index (χ0n) is 16.7. The number of ether oxygens (including phenoxy) is 2. The van der Waals surface area contributed by atoms with Crippen molar-refractivity contribution in [1.29, 1.82) is 5.26 Å². The lowest BCUT2D eigenvalue weighted by Crippen LogP contribution is -2.41. The molecule has 1 aromatic rings. The molecule has 27 heavy (non-hydrogen) atoms. The zero-order valence-corrected chi connectivity index (χ0v) is 16.7. The van der Waals surface area contributed by atoms with Crippen molar-refractivity contribution >= 4 is 12.0 Å². The van der Waals surface area contributed by atoms with Gasteiger partial charge in [0.25, 0.3) is 5.91 Å². The van der Waals surface area contributed by atoms with Crippen LogP contribution < -0.4 is 14.8 Å². The second-order valence-electron chi connectivity index (χ2n) is 7.63. The van der Waals surface area contributed by atoms with Crippen LogP contribution in [0.2, 0.25) is 0 Å². The number of nitrogens with zero attached hydrogens (tertiary/aromatic N) is 1. The number of hydrogen-bond acceptors (Lipinski definition) is 4. The van der Waals surface area contributed by atoms with Crippen molar-refractivity contribution in [1.82, 2.24) is 5.32 Å². The van der Waals surface area contributed by atoms with Crippen LogP contribution in [-0.2, 0) is 4.79 Å². The molecule has 146 valence electrons. The molecule has 0 bridgehead atoms. The molecular weight excluding hydrogens is 340 g/mol. The molecule has 0 saturated heterocycles. The Morgan fingerprint density at radius 1 is 1.33 bits per heavy atom. The van der Waals surface area contributed by atoms with Gasteiger partial charge >= 0.3 is 0 Å². The van der Waals surface area contributed by atoms with E-state index in [4.69, 9.17) is 9.47 Å². The Kier molecular flexibility index (Phi) is 7.72. The second-order valence-corrected chi connectivity index (χ2v) is 7.63. The van der Waals surface area contributed by atoms with Gasteiger partial charge in [-0.1, -0.05) is 39.7 Å². The summed E-state index contributed by atoms with van der Waals surface area (Å²) in [5.74, 6) is 1.76. The minimum atomic E-state index is -0.309. The topological polar surface area (TPSA) is 71.3 Å². The number of nitrogens with one attached hydrogen (secondary N) is 1. The number of nitriles is 1. The van der Waals surface area contributed by atoms with Crippen LogP contribution in [0.15, 0.2) is 23.8 Å². The molecule has 2 rings (SSSR count). The number of carbonyl (C=O) groups excluding carboxylic acids is 1. The molecule has 1 aliphatic rings. The van der Waals surface area contributed by atoms with Crippen LogP contribution in [0.1, 0.15) is 52.0 Å². The first-order valence-electron chi connectivity index (χ1n) is 9.68. The van der Waals surface area contributed by atoms with Gasteiger partial charge in [0, 0.05) is 6.04 Å². The molecule has 1 N–H and O–H groups in total. The zero-order chi connectivity index (χ0) is 19.8. The quantitative estimate of drug-likeness (QED) is 0.573. The van der Waals surface area contributed by atoms with Gasteiger partial charge in [-0.2, -0.15) is 5.26 Å². The highest BCUT2D eigenvalue weighted by Gasteiger charge is 2.24. The highest BCUT2D eigenvalue weighted by Crippen LogP contribution is 2.29. The number of amides is 1. The molecule has 0 unspecified atom stereocenters. The van der Waals surface area contributed by atoms with Crippen LogP contribution >= 0.6 is 0 Å². The fourth-order valence-corrected chi connectivity index (χ4v) is 3.24. The van der Waals surface area contributed by atoms with Crippen LogP contribution in [-0.4, -0.2) is 25.7 Å². The lowest BCUT2D eigenvalue weighted by Gasteiger charge is -2.29. The minimum Gasteiger partial charge on any atom is -0.493 e. The van der Waals surface area contributed by atoms with E-state index in [1.54, 1.807) is 25.3 Å². The van der Waals surface area contributed by atoms with Crippen LogP contribution in [0.3, 0.4) is 0 Å².